The summed E-state index contributed by atoms with van der Waals surface area (Å²) in [6.07, 6.45) is 0.363. The highest BCUT2D eigenvalue weighted by molar-refractivity contribution is 6.13. The summed E-state index contributed by atoms with van der Waals surface area (Å²) in [7, 11) is 0. The lowest BCUT2D eigenvalue weighted by Crippen LogP contribution is -2.61. The molecule has 1 saturated heterocycles. The van der Waals surface area contributed by atoms with Gasteiger partial charge in [0.05, 0.1) is 5.92 Å². The summed E-state index contributed by atoms with van der Waals surface area (Å²) in [5, 5.41) is 0. The van der Waals surface area contributed by atoms with Crippen LogP contribution in [-0.2, 0) is 23.9 Å². The van der Waals surface area contributed by atoms with Gasteiger partial charge in [0.25, 0.3) is 0 Å². The van der Waals surface area contributed by atoms with Crippen LogP contribution in [0.5, 0.6) is 0 Å². The van der Waals surface area contributed by atoms with Crippen molar-refractivity contribution < 1.29 is 23.9 Å². The van der Waals surface area contributed by atoms with Crippen molar-refractivity contribution in [2.75, 3.05) is 6.61 Å². The van der Waals surface area contributed by atoms with E-state index in [1.54, 1.807) is 0 Å². The molecule has 1 rings (SSSR count). The summed E-state index contributed by atoms with van der Waals surface area (Å²) in [4.78, 5) is 47.1. The van der Waals surface area contributed by atoms with E-state index in [-0.39, 0.29) is 18.2 Å². The zero-order chi connectivity index (χ0) is 14.1. The number of hydrogen-bond donors (Lipinski definition) is 0. The number of carbonyl (C=O) groups is 4. The normalized spacial score (nSPS) is 26.4. The van der Waals surface area contributed by atoms with E-state index in [1.807, 2.05) is 0 Å². The molecule has 0 aromatic rings. The van der Waals surface area contributed by atoms with Crippen LogP contribution in [0.3, 0.4) is 0 Å². The summed E-state index contributed by atoms with van der Waals surface area (Å²) >= 11 is 0. The smallest absolute Gasteiger partial charge is 0.193 e. The van der Waals surface area contributed by atoms with Crippen LogP contribution in [0.25, 0.3) is 0 Å². The van der Waals surface area contributed by atoms with E-state index < -0.39 is 29.0 Å². The number of Topliss-reactive ketones (excluding diaryl/α,β-unsaturated/α-hetero) is 4. The second-order valence-corrected chi connectivity index (χ2v) is 4.79. The highest BCUT2D eigenvalue weighted by Gasteiger charge is 2.57. The van der Waals surface area contributed by atoms with Crippen molar-refractivity contribution in [1.29, 1.82) is 0 Å². The molecule has 2 unspecified atom stereocenters. The van der Waals surface area contributed by atoms with Crippen LogP contribution in [0.2, 0.25) is 0 Å². The highest BCUT2D eigenvalue weighted by atomic mass is 16.5. The van der Waals surface area contributed by atoms with Crippen LogP contribution < -0.4 is 0 Å². The molecule has 2 atom stereocenters. The summed E-state index contributed by atoms with van der Waals surface area (Å²) in [5.41, 5.74) is -1.78. The average molecular weight is 254 g/mol. The first-order chi connectivity index (χ1) is 8.25. The van der Waals surface area contributed by atoms with E-state index in [2.05, 4.69) is 0 Å². The largest absolute Gasteiger partial charge is 0.359 e. The molecule has 0 saturated carbocycles. The molecule has 100 valence electrons. The maximum absolute atomic E-state index is 11.8. The van der Waals surface area contributed by atoms with Gasteiger partial charge in [0.15, 0.2) is 17.2 Å². The maximum Gasteiger partial charge on any atom is 0.193 e. The highest BCUT2D eigenvalue weighted by Crippen LogP contribution is 2.38. The minimum atomic E-state index is -1.78. The van der Waals surface area contributed by atoms with Gasteiger partial charge in [-0.15, -0.1) is 0 Å². The van der Waals surface area contributed by atoms with Crippen molar-refractivity contribution in [2.24, 2.45) is 11.8 Å². The zero-order valence-electron chi connectivity index (χ0n) is 11.1. The topological polar surface area (TPSA) is 77.5 Å². The van der Waals surface area contributed by atoms with Gasteiger partial charge >= 0.3 is 0 Å². The van der Waals surface area contributed by atoms with Crippen LogP contribution >= 0.6 is 0 Å². The van der Waals surface area contributed by atoms with Crippen LogP contribution in [0.1, 0.15) is 34.1 Å². The molecule has 0 aliphatic carbocycles. The molecule has 18 heavy (non-hydrogen) atoms. The maximum atomic E-state index is 11.8. The predicted molar refractivity (Wildman–Crippen MR) is 63.0 cm³/mol. The van der Waals surface area contributed by atoms with Crippen LogP contribution in [-0.4, -0.2) is 35.3 Å². The Kier molecular flexibility index (Phi) is 4.16. The van der Waals surface area contributed by atoms with Crippen LogP contribution in [0.15, 0.2) is 0 Å². The van der Waals surface area contributed by atoms with Crippen molar-refractivity contribution >= 4 is 23.1 Å². The Morgan fingerprint density at radius 3 is 1.78 bits per heavy atom. The standard InChI is InChI=1S/C13H18O5/c1-7(14)11-5-6-18-13(9(3)16,10(4)17)12(11)8(2)15/h11-12H,5-6H2,1-4H3. The molecule has 5 heteroatoms. The Labute approximate surface area is 106 Å². The molecule has 0 aromatic carbocycles. The van der Waals surface area contributed by atoms with Crippen molar-refractivity contribution in [3.63, 3.8) is 0 Å². The summed E-state index contributed by atoms with van der Waals surface area (Å²) in [6, 6.07) is 0. The van der Waals surface area contributed by atoms with Gasteiger partial charge in [0.2, 0.25) is 0 Å². The quantitative estimate of drug-likeness (QED) is 0.691. The SMILES string of the molecule is CC(=O)C1CCOC(C(C)=O)(C(C)=O)C1C(C)=O. The van der Waals surface area contributed by atoms with E-state index in [0.717, 1.165) is 0 Å². The molecular formula is C13H18O5. The Balaban J connectivity index is 3.38. The van der Waals surface area contributed by atoms with Crippen molar-refractivity contribution in [3.05, 3.63) is 0 Å². The fourth-order valence-electron chi connectivity index (χ4n) is 2.78. The second-order valence-electron chi connectivity index (χ2n) is 4.79. The Morgan fingerprint density at radius 2 is 1.44 bits per heavy atom. The fraction of sp³-hybridized carbons (Fsp3) is 0.692. The summed E-state index contributed by atoms with van der Waals surface area (Å²) in [5.74, 6) is -3.20. The van der Waals surface area contributed by atoms with Gasteiger partial charge in [-0.2, -0.15) is 0 Å². The van der Waals surface area contributed by atoms with Crippen molar-refractivity contribution in [3.8, 4) is 0 Å². The average Bonchev–Trinajstić information content (AvgIpc) is 2.26. The predicted octanol–water partition coefficient (Wildman–Crippen LogP) is 0.734. The fourth-order valence-corrected chi connectivity index (χ4v) is 2.78. The van der Waals surface area contributed by atoms with E-state index in [1.165, 1.54) is 27.7 Å². The van der Waals surface area contributed by atoms with E-state index >= 15 is 0 Å². The first-order valence-corrected chi connectivity index (χ1v) is 5.92. The minimum absolute atomic E-state index is 0.132. The van der Waals surface area contributed by atoms with E-state index in [4.69, 9.17) is 4.74 Å². The zero-order valence-corrected chi connectivity index (χ0v) is 11.1. The molecule has 1 heterocycles. The molecule has 0 aromatic heterocycles. The lowest BCUT2D eigenvalue weighted by Gasteiger charge is -2.42. The van der Waals surface area contributed by atoms with Gasteiger partial charge < -0.3 is 4.74 Å². The number of rotatable bonds is 4. The Morgan fingerprint density at radius 1 is 0.944 bits per heavy atom. The van der Waals surface area contributed by atoms with Crippen molar-refractivity contribution in [1.82, 2.24) is 0 Å². The van der Waals surface area contributed by atoms with E-state index in [9.17, 15) is 19.2 Å². The third kappa shape index (κ3) is 2.14. The lowest BCUT2D eigenvalue weighted by molar-refractivity contribution is -0.181. The molecule has 0 bridgehead atoms. The molecule has 0 amide bonds. The third-order valence-corrected chi connectivity index (χ3v) is 3.61. The van der Waals surface area contributed by atoms with Crippen LogP contribution in [0.4, 0.5) is 0 Å². The van der Waals surface area contributed by atoms with Crippen LogP contribution in [0, 0.1) is 11.8 Å². The first-order valence-electron chi connectivity index (χ1n) is 5.92. The molecule has 0 N–H and O–H groups in total. The number of ketones is 4. The lowest BCUT2D eigenvalue weighted by atomic mass is 9.68. The Hall–Kier alpha value is -1.36. The monoisotopic (exact) mass is 254 g/mol. The summed E-state index contributed by atoms with van der Waals surface area (Å²) < 4.78 is 5.37. The van der Waals surface area contributed by atoms with Gasteiger partial charge in [-0.1, -0.05) is 0 Å². The molecule has 0 radical (unpaired) electrons. The van der Waals surface area contributed by atoms with Gasteiger partial charge in [0, 0.05) is 12.5 Å². The molecule has 1 aliphatic heterocycles. The molecule has 5 nitrogen and oxygen atoms in total. The molecule has 1 fully saturated rings. The van der Waals surface area contributed by atoms with Gasteiger partial charge in [-0.3, -0.25) is 19.2 Å². The molecule has 0 spiro atoms. The van der Waals surface area contributed by atoms with E-state index in [0.29, 0.717) is 6.42 Å². The first kappa shape index (κ1) is 14.7. The molecule has 1 aliphatic rings. The summed E-state index contributed by atoms with van der Waals surface area (Å²) in [6.45, 7) is 5.24. The second kappa shape index (κ2) is 5.10. The van der Waals surface area contributed by atoms with Gasteiger partial charge in [0.1, 0.15) is 11.6 Å². The Bertz CT molecular complexity index is 396. The number of hydrogen-bond acceptors (Lipinski definition) is 5. The van der Waals surface area contributed by atoms with Gasteiger partial charge in [-0.25, -0.2) is 0 Å². The third-order valence-electron chi connectivity index (χ3n) is 3.61. The van der Waals surface area contributed by atoms with Gasteiger partial charge in [-0.05, 0) is 34.1 Å². The minimum Gasteiger partial charge on any atom is -0.359 e. The number of ether oxygens (including phenoxy) is 1. The van der Waals surface area contributed by atoms with Crippen molar-refractivity contribution in [2.45, 2.75) is 39.7 Å². The molecular weight excluding hydrogens is 236 g/mol. The number of carbonyl (C=O) groups excluding carboxylic acids is 4.